The highest BCUT2D eigenvalue weighted by molar-refractivity contribution is 5.83. The van der Waals surface area contributed by atoms with Crippen LogP contribution in [0.4, 0.5) is 4.79 Å². The van der Waals surface area contributed by atoms with Gasteiger partial charge in [-0.3, -0.25) is 19.4 Å². The monoisotopic (exact) mass is 847 g/mol. The first-order valence-corrected chi connectivity index (χ1v) is 21.7. The molecule has 3 rings (SSSR count). The van der Waals surface area contributed by atoms with Gasteiger partial charge in [-0.15, -0.1) is 0 Å². The van der Waals surface area contributed by atoms with Crippen LogP contribution in [0.15, 0.2) is 79.0 Å². The molecule has 5 N–H and O–H groups in total. The number of aromatic nitrogens is 1. The van der Waals surface area contributed by atoms with Crippen LogP contribution < -0.4 is 21.5 Å². The number of nitrogens with one attached hydrogen (secondary N) is 4. The number of hydroxylamine groups is 1. The van der Waals surface area contributed by atoms with E-state index >= 15 is 0 Å². The van der Waals surface area contributed by atoms with Crippen molar-refractivity contribution in [2.75, 3.05) is 13.7 Å². The van der Waals surface area contributed by atoms with Gasteiger partial charge in [0.05, 0.1) is 37.0 Å². The molecule has 6 unspecified atom stereocenters. The Morgan fingerprint density at radius 1 is 0.836 bits per heavy atom. The van der Waals surface area contributed by atoms with Crippen LogP contribution >= 0.6 is 0 Å². The highest BCUT2D eigenvalue weighted by Gasteiger charge is 2.39. The molecule has 0 aliphatic carbocycles. The third-order valence-corrected chi connectivity index (χ3v) is 10.7. The lowest BCUT2D eigenvalue weighted by Crippen LogP contribution is -2.62. The number of alkyl carbamates (subject to hydrolysis) is 1. The van der Waals surface area contributed by atoms with Gasteiger partial charge >= 0.3 is 12.1 Å². The molecule has 1 aromatic heterocycles. The van der Waals surface area contributed by atoms with E-state index in [1.807, 2.05) is 128 Å². The molecule has 0 aliphatic heterocycles. The van der Waals surface area contributed by atoms with Crippen molar-refractivity contribution in [2.45, 2.75) is 151 Å². The minimum Gasteiger partial charge on any atom is -0.459 e. The maximum absolute atomic E-state index is 14.6. The van der Waals surface area contributed by atoms with Gasteiger partial charge in [-0.05, 0) is 72.6 Å². The van der Waals surface area contributed by atoms with Crippen molar-refractivity contribution >= 4 is 18.0 Å². The Morgan fingerprint density at radius 3 is 2.03 bits per heavy atom. The van der Waals surface area contributed by atoms with E-state index in [-0.39, 0.29) is 25.4 Å². The number of esters is 1. The lowest BCUT2D eigenvalue weighted by atomic mass is 9.85. The van der Waals surface area contributed by atoms with Crippen LogP contribution in [0.5, 0.6) is 0 Å². The molecule has 3 aromatic rings. The average molecular weight is 847 g/mol. The van der Waals surface area contributed by atoms with E-state index in [9.17, 15) is 19.5 Å². The molecule has 0 spiro atoms. The smallest absolute Gasteiger partial charge is 0.407 e. The van der Waals surface area contributed by atoms with Gasteiger partial charge in [0.2, 0.25) is 5.91 Å². The van der Waals surface area contributed by atoms with Crippen LogP contribution in [-0.4, -0.2) is 82.8 Å². The van der Waals surface area contributed by atoms with Gasteiger partial charge < -0.3 is 25.2 Å². The van der Waals surface area contributed by atoms with Crippen molar-refractivity contribution in [3.63, 3.8) is 0 Å². The van der Waals surface area contributed by atoms with Crippen LogP contribution in [0.3, 0.4) is 0 Å². The summed E-state index contributed by atoms with van der Waals surface area (Å²) in [5.74, 6) is -0.347. The fourth-order valence-electron chi connectivity index (χ4n) is 7.17. The fourth-order valence-corrected chi connectivity index (χ4v) is 7.17. The van der Waals surface area contributed by atoms with E-state index < -0.39 is 59.0 Å². The van der Waals surface area contributed by atoms with E-state index in [1.54, 1.807) is 11.2 Å². The third-order valence-electron chi connectivity index (χ3n) is 10.7. The molecule has 0 aliphatic rings. The largest absolute Gasteiger partial charge is 0.459 e. The van der Waals surface area contributed by atoms with Crippen LogP contribution in [-0.2, 0) is 36.9 Å². The first kappa shape index (κ1) is 51.0. The number of hydrogen-bond acceptors (Lipinski definition) is 11. The number of carbonyl (C=O) groups excluding carboxylic acids is 3. The predicted octanol–water partition coefficient (Wildman–Crippen LogP) is 7.73. The molecule has 2 aromatic carbocycles. The van der Waals surface area contributed by atoms with Crippen molar-refractivity contribution in [3.05, 3.63) is 90.1 Å². The summed E-state index contributed by atoms with van der Waals surface area (Å²) >= 11 is 0. The summed E-state index contributed by atoms with van der Waals surface area (Å²) in [6.07, 6.45) is 1.44. The summed E-state index contributed by atoms with van der Waals surface area (Å²) in [6.45, 7) is 22.2. The second-order valence-corrected chi connectivity index (χ2v) is 18.8. The van der Waals surface area contributed by atoms with Gasteiger partial charge in [-0.1, -0.05) is 130 Å². The summed E-state index contributed by atoms with van der Waals surface area (Å²) in [7, 11) is 1.27. The van der Waals surface area contributed by atoms with E-state index in [2.05, 4.69) is 47.3 Å². The average Bonchev–Trinajstić information content (AvgIpc) is 3.19. The molecule has 0 saturated carbocycles. The number of pyridine rings is 1. The second-order valence-electron chi connectivity index (χ2n) is 18.8. The fraction of sp³-hybridized carbons (Fsp3) is 0.583. The summed E-state index contributed by atoms with van der Waals surface area (Å²) < 4.78 is 11.2. The molecule has 1 heterocycles. The van der Waals surface area contributed by atoms with Crippen molar-refractivity contribution < 1.29 is 33.8 Å². The van der Waals surface area contributed by atoms with Crippen LogP contribution in [0.2, 0.25) is 0 Å². The lowest BCUT2D eigenvalue weighted by molar-refractivity contribution is -0.158. The number of aliphatic hydroxyl groups is 1. The molecular formula is C48H74N6O7. The molecule has 0 radical (unpaired) electrons. The Kier molecular flexibility index (Phi) is 19.8. The number of methoxy groups -OCH3 is 1. The summed E-state index contributed by atoms with van der Waals surface area (Å²) in [5, 5.41) is 19.7. The maximum atomic E-state index is 14.6. The molecule has 6 atom stereocenters. The van der Waals surface area contributed by atoms with E-state index in [4.69, 9.17) is 14.3 Å². The molecule has 61 heavy (non-hydrogen) atoms. The zero-order chi connectivity index (χ0) is 45.4. The summed E-state index contributed by atoms with van der Waals surface area (Å²) in [4.78, 5) is 51.5. The zero-order valence-electron chi connectivity index (χ0n) is 38.7. The Bertz CT molecular complexity index is 1760. The van der Waals surface area contributed by atoms with Crippen molar-refractivity contribution in [2.24, 2.45) is 16.7 Å². The van der Waals surface area contributed by atoms with Crippen molar-refractivity contribution in [1.82, 2.24) is 31.5 Å². The number of carbonyl (C=O) groups is 3. The molecule has 338 valence electrons. The topological polar surface area (TPSA) is 163 Å². The van der Waals surface area contributed by atoms with Crippen molar-refractivity contribution in [3.8, 4) is 11.3 Å². The van der Waals surface area contributed by atoms with Gasteiger partial charge in [0.1, 0.15) is 18.4 Å². The number of hydrazine groups is 1. The molecule has 0 fully saturated rings. The standard InChI is InChI=1S/C48H74N6O7/c1-13-20-40(55)60-39(38(29-34-21-16-15-17-22-34)50-43(56)42(47(8,9)10)53-61-48(11,14-2)30-33(3)4)32-54(52-44(57)41(46(5,6)7)51-45(58)59-12)31-35-24-26-36(27-25-35)37-23-18-19-28-49-37/h15-19,21-28,33,38-39,41-42,44,52-53,57H,13-14,20,29-32H2,1-12H3,(H,50,56)(H,51,58). The first-order valence-electron chi connectivity index (χ1n) is 21.7. The quantitative estimate of drug-likeness (QED) is 0.0361. The Balaban J connectivity index is 2.11. The van der Waals surface area contributed by atoms with Gasteiger partial charge in [0.15, 0.2) is 0 Å². The van der Waals surface area contributed by atoms with Crippen LogP contribution in [0.25, 0.3) is 11.3 Å². The molecular weight excluding hydrogens is 773 g/mol. The van der Waals surface area contributed by atoms with Gasteiger partial charge in [-0.25, -0.2) is 15.2 Å². The zero-order valence-corrected chi connectivity index (χ0v) is 38.7. The van der Waals surface area contributed by atoms with E-state index in [0.29, 0.717) is 18.8 Å². The van der Waals surface area contributed by atoms with E-state index in [1.165, 1.54) is 7.11 Å². The van der Waals surface area contributed by atoms with Gasteiger partial charge in [-0.2, -0.15) is 5.48 Å². The maximum Gasteiger partial charge on any atom is 0.407 e. The minimum absolute atomic E-state index is 0.0355. The van der Waals surface area contributed by atoms with Crippen LogP contribution in [0, 0.1) is 16.7 Å². The molecule has 13 heteroatoms. The molecule has 13 nitrogen and oxygen atoms in total. The molecule has 0 bridgehead atoms. The number of amides is 2. The predicted molar refractivity (Wildman–Crippen MR) is 240 cm³/mol. The van der Waals surface area contributed by atoms with Gasteiger partial charge in [0.25, 0.3) is 0 Å². The Labute approximate surface area is 365 Å². The number of aliphatic hydroxyl groups excluding tert-OH is 1. The number of nitrogens with zero attached hydrogens (tertiary/aromatic N) is 2. The number of rotatable bonds is 23. The number of hydrogen-bond donors (Lipinski definition) is 5. The summed E-state index contributed by atoms with van der Waals surface area (Å²) in [5.41, 5.74) is 8.27. The highest BCUT2D eigenvalue weighted by Crippen LogP contribution is 2.27. The number of ether oxygens (including phenoxy) is 2. The SMILES string of the molecule is CCCC(=O)OC(CN(Cc1ccc(-c2ccccn2)cc1)NC(O)C(NC(=O)OC)C(C)(C)C)C(Cc1ccccc1)NC(=O)C(NOC(C)(CC)CC(C)C)C(C)(C)C. The first-order chi connectivity index (χ1) is 28.7. The van der Waals surface area contributed by atoms with Crippen LogP contribution in [0.1, 0.15) is 113 Å². The van der Waals surface area contributed by atoms with Gasteiger partial charge in [0, 0.05) is 24.7 Å². The Morgan fingerprint density at radius 2 is 1.49 bits per heavy atom. The second kappa shape index (κ2) is 23.7. The number of benzene rings is 2. The minimum atomic E-state index is -1.31. The normalized spacial score (nSPS) is 15.6. The van der Waals surface area contributed by atoms with Crippen molar-refractivity contribution in [1.29, 1.82) is 0 Å². The summed E-state index contributed by atoms with van der Waals surface area (Å²) in [6, 6.07) is 21.1. The third kappa shape index (κ3) is 17.1. The van der Waals surface area contributed by atoms with E-state index in [0.717, 1.165) is 35.2 Å². The molecule has 0 saturated heterocycles. The lowest BCUT2D eigenvalue weighted by Gasteiger charge is -2.40. The Hall–Kier alpha value is -4.40. The highest BCUT2D eigenvalue weighted by atomic mass is 16.7. The molecule has 2 amide bonds.